The van der Waals surface area contributed by atoms with Gasteiger partial charge in [0.2, 0.25) is 11.8 Å². The average Bonchev–Trinajstić information content (AvgIpc) is 3.49. The maximum Gasteiger partial charge on any atom is 0.242 e. The number of hydrogen-bond acceptors (Lipinski definition) is 3. The predicted octanol–water partition coefficient (Wildman–Crippen LogP) is 2.76. The first-order valence-corrected chi connectivity index (χ1v) is 10.4. The van der Waals surface area contributed by atoms with Crippen LogP contribution in [-0.4, -0.2) is 59.0 Å². The molecule has 1 aliphatic rings. The molecule has 30 heavy (non-hydrogen) atoms. The molecule has 0 N–H and O–H groups in total. The minimum atomic E-state index is -0.334. The van der Waals surface area contributed by atoms with Crippen LogP contribution in [0.3, 0.4) is 0 Å². The van der Waals surface area contributed by atoms with Gasteiger partial charge in [0.05, 0.1) is 19.5 Å². The molecule has 1 fully saturated rings. The van der Waals surface area contributed by atoms with Crippen molar-refractivity contribution in [1.82, 2.24) is 14.4 Å². The van der Waals surface area contributed by atoms with E-state index in [4.69, 9.17) is 4.74 Å². The van der Waals surface area contributed by atoms with Crippen molar-refractivity contribution in [2.75, 3.05) is 26.8 Å². The molecule has 2 aromatic rings. The molecule has 1 heterocycles. The van der Waals surface area contributed by atoms with Gasteiger partial charge in [-0.15, -0.1) is 0 Å². The molecule has 162 valence electrons. The van der Waals surface area contributed by atoms with Crippen LogP contribution >= 0.6 is 0 Å². The molecule has 0 aliphatic heterocycles. The zero-order valence-electron chi connectivity index (χ0n) is 17.7. The van der Waals surface area contributed by atoms with Crippen LogP contribution in [0.4, 0.5) is 4.39 Å². The summed E-state index contributed by atoms with van der Waals surface area (Å²) in [5.41, 5.74) is 1.80. The van der Waals surface area contributed by atoms with Crippen LogP contribution in [-0.2, 0) is 34.3 Å². The van der Waals surface area contributed by atoms with E-state index in [1.807, 2.05) is 34.8 Å². The van der Waals surface area contributed by atoms with Crippen molar-refractivity contribution in [3.8, 4) is 0 Å². The van der Waals surface area contributed by atoms with Crippen molar-refractivity contribution >= 4 is 11.8 Å². The van der Waals surface area contributed by atoms with E-state index in [-0.39, 0.29) is 36.6 Å². The molecule has 2 amide bonds. The lowest BCUT2D eigenvalue weighted by Gasteiger charge is -2.28. The SMILES string of the molecule is COCCCN(CC(=O)N(Cc1cccn1C)C1CC1)C(=O)Cc1ccc(F)cc1. The Kier molecular flexibility index (Phi) is 7.63. The third kappa shape index (κ3) is 6.16. The number of halogens is 1. The van der Waals surface area contributed by atoms with E-state index in [0.29, 0.717) is 26.1 Å². The Morgan fingerprint density at radius 3 is 2.50 bits per heavy atom. The highest BCUT2D eigenvalue weighted by molar-refractivity contribution is 5.86. The van der Waals surface area contributed by atoms with Gasteiger partial charge in [-0.3, -0.25) is 9.59 Å². The summed E-state index contributed by atoms with van der Waals surface area (Å²) in [7, 11) is 3.58. The highest BCUT2D eigenvalue weighted by Gasteiger charge is 2.34. The Balaban J connectivity index is 1.67. The summed E-state index contributed by atoms with van der Waals surface area (Å²) in [6.07, 6.45) is 4.77. The second-order valence-corrected chi connectivity index (χ2v) is 7.83. The quantitative estimate of drug-likeness (QED) is 0.531. The molecule has 7 heteroatoms. The van der Waals surface area contributed by atoms with Gasteiger partial charge in [-0.2, -0.15) is 0 Å². The number of benzene rings is 1. The number of aromatic nitrogens is 1. The Bertz CT molecular complexity index is 846. The molecular weight excluding hydrogens is 385 g/mol. The normalized spacial score (nSPS) is 13.3. The zero-order valence-corrected chi connectivity index (χ0v) is 17.7. The molecule has 0 unspecified atom stereocenters. The fourth-order valence-corrected chi connectivity index (χ4v) is 3.48. The van der Waals surface area contributed by atoms with Crippen LogP contribution in [0.15, 0.2) is 42.6 Å². The summed E-state index contributed by atoms with van der Waals surface area (Å²) < 4.78 is 20.3. The van der Waals surface area contributed by atoms with Crippen molar-refractivity contribution in [3.05, 3.63) is 59.7 Å². The van der Waals surface area contributed by atoms with E-state index in [9.17, 15) is 14.0 Å². The van der Waals surface area contributed by atoms with Gasteiger partial charge < -0.3 is 19.1 Å². The molecule has 1 aromatic heterocycles. The van der Waals surface area contributed by atoms with Crippen LogP contribution < -0.4 is 0 Å². The smallest absolute Gasteiger partial charge is 0.242 e. The van der Waals surface area contributed by atoms with E-state index in [1.165, 1.54) is 12.1 Å². The molecule has 1 saturated carbocycles. The van der Waals surface area contributed by atoms with Gasteiger partial charge in [0, 0.05) is 45.2 Å². The second-order valence-electron chi connectivity index (χ2n) is 7.83. The van der Waals surface area contributed by atoms with Gasteiger partial charge in [-0.1, -0.05) is 12.1 Å². The van der Waals surface area contributed by atoms with Gasteiger partial charge in [0.15, 0.2) is 0 Å². The van der Waals surface area contributed by atoms with E-state index < -0.39 is 0 Å². The fraction of sp³-hybridized carbons (Fsp3) is 0.478. The lowest BCUT2D eigenvalue weighted by molar-refractivity contribution is -0.141. The van der Waals surface area contributed by atoms with E-state index >= 15 is 0 Å². The lowest BCUT2D eigenvalue weighted by Crippen LogP contribution is -2.44. The van der Waals surface area contributed by atoms with Crippen LogP contribution in [0.25, 0.3) is 0 Å². The average molecular weight is 416 g/mol. The molecule has 0 bridgehead atoms. The first kappa shape index (κ1) is 22.0. The highest BCUT2D eigenvalue weighted by Crippen LogP contribution is 2.28. The monoisotopic (exact) mass is 415 g/mol. The molecule has 0 atom stereocenters. The maximum atomic E-state index is 13.2. The first-order chi connectivity index (χ1) is 14.5. The standard InChI is InChI=1S/C23H30FN3O3/c1-25-12-3-5-21(25)16-27(20-10-11-20)23(29)17-26(13-4-14-30-2)22(28)15-18-6-8-19(24)9-7-18/h3,5-9,12,20H,4,10-11,13-17H2,1-2H3. The number of nitrogens with zero attached hydrogens (tertiary/aromatic N) is 3. The molecule has 1 aliphatic carbocycles. The van der Waals surface area contributed by atoms with Gasteiger partial charge in [-0.05, 0) is 49.1 Å². The minimum Gasteiger partial charge on any atom is -0.385 e. The molecule has 0 saturated heterocycles. The van der Waals surface area contributed by atoms with Gasteiger partial charge in [0.25, 0.3) is 0 Å². The number of methoxy groups -OCH3 is 1. The Morgan fingerprint density at radius 2 is 1.90 bits per heavy atom. The van der Waals surface area contributed by atoms with Crippen LogP contribution in [0.2, 0.25) is 0 Å². The maximum absolute atomic E-state index is 13.2. The zero-order chi connectivity index (χ0) is 21.5. The number of hydrogen-bond donors (Lipinski definition) is 0. The summed E-state index contributed by atoms with van der Waals surface area (Å²) in [4.78, 5) is 29.6. The summed E-state index contributed by atoms with van der Waals surface area (Å²) in [5.74, 6) is -0.511. The van der Waals surface area contributed by atoms with Gasteiger partial charge >= 0.3 is 0 Å². The first-order valence-electron chi connectivity index (χ1n) is 10.4. The largest absolute Gasteiger partial charge is 0.385 e. The molecule has 6 nitrogen and oxygen atoms in total. The van der Waals surface area contributed by atoms with Crippen molar-refractivity contribution in [2.45, 2.75) is 38.3 Å². The molecule has 0 radical (unpaired) electrons. The van der Waals surface area contributed by atoms with E-state index in [2.05, 4.69) is 0 Å². The van der Waals surface area contributed by atoms with Gasteiger partial charge in [-0.25, -0.2) is 4.39 Å². The molecule has 1 aromatic carbocycles. The summed E-state index contributed by atoms with van der Waals surface area (Å²) >= 11 is 0. The number of amides is 2. The summed E-state index contributed by atoms with van der Waals surface area (Å²) in [6, 6.07) is 10.1. The van der Waals surface area contributed by atoms with Crippen molar-refractivity contribution in [1.29, 1.82) is 0 Å². The van der Waals surface area contributed by atoms with Crippen molar-refractivity contribution in [2.24, 2.45) is 7.05 Å². The number of aryl methyl sites for hydroxylation is 1. The van der Waals surface area contributed by atoms with Crippen LogP contribution in [0.1, 0.15) is 30.5 Å². The topological polar surface area (TPSA) is 54.8 Å². The van der Waals surface area contributed by atoms with Crippen molar-refractivity contribution in [3.63, 3.8) is 0 Å². The third-order valence-corrected chi connectivity index (χ3v) is 5.42. The Morgan fingerprint density at radius 1 is 1.17 bits per heavy atom. The molecule has 3 rings (SSSR count). The predicted molar refractivity (Wildman–Crippen MR) is 112 cm³/mol. The van der Waals surface area contributed by atoms with E-state index in [1.54, 1.807) is 24.1 Å². The highest BCUT2D eigenvalue weighted by atomic mass is 19.1. The summed E-state index contributed by atoms with van der Waals surface area (Å²) in [5, 5.41) is 0. The number of carbonyl (C=O) groups excluding carboxylic acids is 2. The van der Waals surface area contributed by atoms with Crippen molar-refractivity contribution < 1.29 is 18.7 Å². The third-order valence-electron chi connectivity index (χ3n) is 5.42. The minimum absolute atomic E-state index is 0.0384. The Labute approximate surface area is 177 Å². The summed E-state index contributed by atoms with van der Waals surface area (Å²) in [6.45, 7) is 1.56. The van der Waals surface area contributed by atoms with Gasteiger partial charge in [0.1, 0.15) is 5.82 Å². The number of ether oxygens (including phenoxy) is 1. The van der Waals surface area contributed by atoms with E-state index in [0.717, 1.165) is 24.1 Å². The number of carbonyl (C=O) groups is 2. The van der Waals surface area contributed by atoms with Crippen LogP contribution in [0, 0.1) is 5.82 Å². The molecular formula is C23H30FN3O3. The lowest BCUT2D eigenvalue weighted by atomic mass is 10.1. The second kappa shape index (κ2) is 10.4. The number of rotatable bonds is 11. The fourth-order valence-electron chi connectivity index (χ4n) is 3.48. The Hall–Kier alpha value is -2.67. The molecule has 0 spiro atoms. The van der Waals surface area contributed by atoms with Crippen LogP contribution in [0.5, 0.6) is 0 Å².